The van der Waals surface area contributed by atoms with E-state index in [9.17, 15) is 9.59 Å². The maximum absolute atomic E-state index is 12.4. The molecular weight excluding hydrogens is 392 g/mol. The molecule has 2 amide bonds. The Balaban J connectivity index is 1.15. The number of imidazole rings is 1. The molecule has 3 N–H and O–H groups in total. The first-order valence-electron chi connectivity index (χ1n) is 10.7. The van der Waals surface area contributed by atoms with E-state index >= 15 is 0 Å². The average Bonchev–Trinajstić information content (AvgIpc) is 3.13. The molecule has 3 aromatic rings. The third kappa shape index (κ3) is 5.33. The summed E-state index contributed by atoms with van der Waals surface area (Å²) in [6, 6.07) is 15.4. The van der Waals surface area contributed by atoms with E-state index in [0.29, 0.717) is 25.2 Å². The first-order valence-corrected chi connectivity index (χ1v) is 10.7. The Kier molecular flexibility index (Phi) is 6.66. The van der Waals surface area contributed by atoms with Crippen molar-refractivity contribution in [3.05, 3.63) is 48.5 Å². The summed E-state index contributed by atoms with van der Waals surface area (Å²) in [7, 11) is 0. The number of benzene rings is 2. The average molecular weight is 420 g/mol. The number of nitrogens with zero attached hydrogens (tertiary/aromatic N) is 3. The lowest BCUT2D eigenvalue weighted by Gasteiger charge is -2.21. The Hall–Kier alpha value is -3.55. The number of aromatic nitrogens is 2. The number of hydrogen-bond donors (Lipinski definition) is 3. The van der Waals surface area contributed by atoms with Gasteiger partial charge in [0.15, 0.2) is 0 Å². The molecule has 1 aliphatic rings. The number of hydrogen-bond acceptors (Lipinski definition) is 4. The molecule has 2 aromatic carbocycles. The Labute approximate surface area is 181 Å². The fourth-order valence-electron chi connectivity index (χ4n) is 3.64. The van der Waals surface area contributed by atoms with Gasteiger partial charge in [-0.3, -0.25) is 14.9 Å². The van der Waals surface area contributed by atoms with Gasteiger partial charge in [-0.15, -0.1) is 0 Å². The molecule has 0 spiro atoms. The number of unbranched alkanes of at least 4 members (excludes halogenated alkanes) is 2. The van der Waals surface area contributed by atoms with Gasteiger partial charge in [0.2, 0.25) is 17.8 Å². The van der Waals surface area contributed by atoms with Gasteiger partial charge >= 0.3 is 0 Å². The molecule has 0 aliphatic carbocycles. The molecule has 8 heteroatoms. The maximum atomic E-state index is 12.4. The predicted octanol–water partition coefficient (Wildman–Crippen LogP) is 2.93. The first-order chi connectivity index (χ1) is 15.2. The molecule has 0 bridgehead atoms. The van der Waals surface area contributed by atoms with Crippen molar-refractivity contribution in [3.8, 4) is 0 Å². The molecule has 0 saturated carbocycles. The summed E-state index contributed by atoms with van der Waals surface area (Å²) >= 11 is 0. The molecule has 4 rings (SSSR count). The number of fused-ring (bicyclic) bond motifs is 2. The van der Waals surface area contributed by atoms with E-state index < -0.39 is 0 Å². The highest BCUT2D eigenvalue weighted by atomic mass is 16.2. The van der Waals surface area contributed by atoms with Gasteiger partial charge in [-0.25, -0.2) is 4.98 Å². The monoisotopic (exact) mass is 419 g/mol. The second-order valence-electron chi connectivity index (χ2n) is 7.54. The molecule has 0 atom stereocenters. The van der Waals surface area contributed by atoms with E-state index in [1.165, 1.54) is 0 Å². The molecule has 0 unspecified atom stereocenters. The molecule has 1 aliphatic heterocycles. The zero-order valence-corrected chi connectivity index (χ0v) is 17.4. The van der Waals surface area contributed by atoms with Gasteiger partial charge in [0.25, 0.3) is 0 Å². The fourth-order valence-corrected chi connectivity index (χ4v) is 3.64. The SMILES string of the molecule is O=C(CN1C(=O)CC[N]c2ccccc21)NCCCCCNc1nc2ccccc2[nH]1. The van der Waals surface area contributed by atoms with Crippen LogP contribution in [0.3, 0.4) is 0 Å². The van der Waals surface area contributed by atoms with Gasteiger partial charge in [-0.1, -0.05) is 24.3 Å². The number of aromatic amines is 1. The molecular formula is C23H27N6O2. The summed E-state index contributed by atoms with van der Waals surface area (Å²) in [5, 5.41) is 10.7. The minimum Gasteiger partial charge on any atom is -0.356 e. The van der Waals surface area contributed by atoms with Crippen LogP contribution in [0.2, 0.25) is 0 Å². The highest BCUT2D eigenvalue weighted by molar-refractivity contribution is 6.01. The quantitative estimate of drug-likeness (QED) is 0.464. The van der Waals surface area contributed by atoms with Crippen molar-refractivity contribution in [3.63, 3.8) is 0 Å². The van der Waals surface area contributed by atoms with Crippen LogP contribution in [0.5, 0.6) is 0 Å². The molecule has 161 valence electrons. The van der Waals surface area contributed by atoms with Gasteiger partial charge in [0.1, 0.15) is 6.54 Å². The van der Waals surface area contributed by atoms with Crippen LogP contribution in [0.25, 0.3) is 11.0 Å². The lowest BCUT2D eigenvalue weighted by Crippen LogP contribution is -2.40. The van der Waals surface area contributed by atoms with E-state index in [0.717, 1.165) is 48.5 Å². The lowest BCUT2D eigenvalue weighted by atomic mass is 10.2. The minimum absolute atomic E-state index is 0.0268. The molecule has 0 saturated heterocycles. The zero-order chi connectivity index (χ0) is 21.5. The van der Waals surface area contributed by atoms with Crippen LogP contribution < -0.4 is 20.9 Å². The van der Waals surface area contributed by atoms with Crippen LogP contribution in [0.1, 0.15) is 25.7 Å². The first kappa shape index (κ1) is 20.7. The molecule has 8 nitrogen and oxygen atoms in total. The summed E-state index contributed by atoms with van der Waals surface area (Å²) in [5.41, 5.74) is 3.44. The highest BCUT2D eigenvalue weighted by Gasteiger charge is 2.24. The van der Waals surface area contributed by atoms with E-state index in [1.54, 1.807) is 4.90 Å². The molecule has 31 heavy (non-hydrogen) atoms. The topological polar surface area (TPSA) is 104 Å². The summed E-state index contributed by atoms with van der Waals surface area (Å²) in [5.74, 6) is 0.564. The number of para-hydroxylation sites is 4. The van der Waals surface area contributed by atoms with Gasteiger partial charge < -0.3 is 20.5 Å². The second kappa shape index (κ2) is 9.97. The van der Waals surface area contributed by atoms with Crippen LogP contribution in [0, 0.1) is 0 Å². The van der Waals surface area contributed by atoms with Crippen LogP contribution in [-0.4, -0.2) is 48.0 Å². The van der Waals surface area contributed by atoms with Gasteiger partial charge in [0, 0.05) is 26.1 Å². The number of H-pyrrole nitrogens is 1. The lowest BCUT2D eigenvalue weighted by molar-refractivity contribution is -0.123. The van der Waals surface area contributed by atoms with Crippen molar-refractivity contribution in [2.75, 3.05) is 36.4 Å². The van der Waals surface area contributed by atoms with Crippen LogP contribution in [-0.2, 0) is 9.59 Å². The van der Waals surface area contributed by atoms with E-state index in [4.69, 9.17) is 0 Å². The van der Waals surface area contributed by atoms with E-state index in [-0.39, 0.29) is 18.4 Å². The van der Waals surface area contributed by atoms with Gasteiger partial charge in [-0.05, 0) is 43.5 Å². The van der Waals surface area contributed by atoms with Crippen LogP contribution in [0.15, 0.2) is 48.5 Å². The Bertz CT molecular complexity index is 1010. The van der Waals surface area contributed by atoms with Crippen molar-refractivity contribution in [1.29, 1.82) is 0 Å². The Morgan fingerprint density at radius 3 is 2.74 bits per heavy atom. The second-order valence-corrected chi connectivity index (χ2v) is 7.54. The smallest absolute Gasteiger partial charge is 0.240 e. The predicted molar refractivity (Wildman–Crippen MR) is 122 cm³/mol. The number of amides is 2. The minimum atomic E-state index is -0.148. The van der Waals surface area contributed by atoms with Crippen molar-refractivity contribution in [1.82, 2.24) is 20.6 Å². The number of anilines is 2. The molecule has 0 fully saturated rings. The van der Waals surface area contributed by atoms with Crippen molar-refractivity contribution < 1.29 is 9.59 Å². The zero-order valence-electron chi connectivity index (χ0n) is 17.4. The molecule has 1 radical (unpaired) electrons. The maximum Gasteiger partial charge on any atom is 0.240 e. The molecule has 2 heterocycles. The Morgan fingerprint density at radius 2 is 1.84 bits per heavy atom. The normalized spacial score (nSPS) is 13.4. The Morgan fingerprint density at radius 1 is 1.03 bits per heavy atom. The van der Waals surface area contributed by atoms with Crippen LogP contribution >= 0.6 is 0 Å². The fraction of sp³-hybridized carbons (Fsp3) is 0.348. The van der Waals surface area contributed by atoms with Crippen molar-refractivity contribution in [2.24, 2.45) is 0 Å². The largest absolute Gasteiger partial charge is 0.356 e. The number of rotatable bonds is 9. The van der Waals surface area contributed by atoms with Crippen LogP contribution in [0.4, 0.5) is 17.3 Å². The van der Waals surface area contributed by atoms with E-state index in [1.807, 2.05) is 48.5 Å². The number of carbonyl (C=O) groups excluding carboxylic acids is 2. The van der Waals surface area contributed by atoms with E-state index in [2.05, 4.69) is 25.9 Å². The molecule has 1 aromatic heterocycles. The number of carbonyl (C=O) groups is 2. The third-order valence-corrected chi connectivity index (χ3v) is 5.24. The van der Waals surface area contributed by atoms with Crippen molar-refractivity contribution in [2.45, 2.75) is 25.7 Å². The summed E-state index contributed by atoms with van der Waals surface area (Å²) in [6.07, 6.45) is 3.16. The number of nitrogens with one attached hydrogen (secondary N) is 3. The highest BCUT2D eigenvalue weighted by Crippen LogP contribution is 2.28. The summed E-state index contributed by atoms with van der Waals surface area (Å²) < 4.78 is 0. The third-order valence-electron chi connectivity index (χ3n) is 5.24. The van der Waals surface area contributed by atoms with Gasteiger partial charge in [0.05, 0.1) is 22.4 Å². The standard InChI is InChI=1S/C23H27N6O2/c30-21(16-29-20-11-5-4-10-19(20)24-15-12-22(29)31)25-13-6-1-7-14-26-23-27-17-8-2-3-9-18(17)28-23/h2-5,8-11H,1,6-7,12-16H2,(H,25,30)(H2,26,27,28). The van der Waals surface area contributed by atoms with Gasteiger partial charge in [-0.2, -0.15) is 0 Å². The summed E-state index contributed by atoms with van der Waals surface area (Å²) in [4.78, 5) is 34.1. The van der Waals surface area contributed by atoms with Crippen molar-refractivity contribution >= 4 is 40.2 Å². The summed E-state index contributed by atoms with van der Waals surface area (Å²) in [6.45, 7) is 1.89.